The zero-order valence-electron chi connectivity index (χ0n) is 11.1. The van der Waals surface area contributed by atoms with Gasteiger partial charge in [0.2, 0.25) is 0 Å². The van der Waals surface area contributed by atoms with E-state index in [4.69, 9.17) is 0 Å². The molecular weight excluding hydrogens is 335 g/mol. The van der Waals surface area contributed by atoms with Gasteiger partial charge in [-0.25, -0.2) is 0 Å². The van der Waals surface area contributed by atoms with Gasteiger partial charge in [-0.05, 0) is 52.9 Å². The molecule has 1 saturated carbocycles. The first-order valence-corrected chi connectivity index (χ1v) is 7.50. The van der Waals surface area contributed by atoms with E-state index in [1.54, 1.807) is 12.1 Å². The number of anilines is 1. The van der Waals surface area contributed by atoms with Gasteiger partial charge in [-0.3, -0.25) is 0 Å². The monoisotopic (exact) mass is 351 g/mol. The smallest absolute Gasteiger partial charge is 0.405 e. The zero-order chi connectivity index (χ0) is 14.8. The van der Waals surface area contributed by atoms with Crippen LogP contribution < -0.4 is 10.1 Å². The summed E-state index contributed by atoms with van der Waals surface area (Å²) in [6, 6.07) is 4.99. The summed E-state index contributed by atoms with van der Waals surface area (Å²) in [4.78, 5) is 0. The Hall–Kier alpha value is -0.910. The molecule has 1 N–H and O–H groups in total. The average Bonchev–Trinajstić information content (AvgIpc) is 2.78. The molecule has 0 amide bonds. The normalized spacial score (nSPS) is 22.9. The van der Waals surface area contributed by atoms with E-state index in [0.717, 1.165) is 18.5 Å². The Morgan fingerprint density at radius 2 is 2.10 bits per heavy atom. The predicted octanol–water partition coefficient (Wildman–Crippen LogP) is 5.34. The fourth-order valence-corrected chi connectivity index (χ4v) is 3.19. The Morgan fingerprint density at radius 3 is 2.70 bits per heavy atom. The standard InChI is InChI=1S/C14H17BrF3NO/c1-2-9-4-3-5-12(9)19-10-6-7-13(11(15)8-10)20-14(16,17)18/h6-9,12,19H,2-5H2,1H3. The van der Waals surface area contributed by atoms with E-state index in [1.807, 2.05) is 0 Å². The van der Waals surface area contributed by atoms with Crippen molar-refractivity contribution < 1.29 is 17.9 Å². The topological polar surface area (TPSA) is 21.3 Å². The number of nitrogens with one attached hydrogen (secondary N) is 1. The van der Waals surface area contributed by atoms with Gasteiger partial charge in [0.15, 0.2) is 0 Å². The highest BCUT2D eigenvalue weighted by Gasteiger charge is 2.32. The molecule has 1 aliphatic carbocycles. The Kier molecular flexibility index (Phi) is 4.83. The van der Waals surface area contributed by atoms with Crippen molar-refractivity contribution in [2.75, 3.05) is 5.32 Å². The fraction of sp³-hybridized carbons (Fsp3) is 0.571. The fourth-order valence-electron chi connectivity index (χ4n) is 2.73. The maximum atomic E-state index is 12.2. The summed E-state index contributed by atoms with van der Waals surface area (Å²) in [6.45, 7) is 2.17. The second kappa shape index (κ2) is 6.24. The third-order valence-electron chi connectivity index (χ3n) is 3.69. The van der Waals surface area contributed by atoms with E-state index in [2.05, 4.69) is 32.9 Å². The molecule has 6 heteroatoms. The second-order valence-corrected chi connectivity index (χ2v) is 5.90. The first-order chi connectivity index (χ1) is 9.39. The van der Waals surface area contributed by atoms with Gasteiger partial charge in [0.05, 0.1) is 4.47 Å². The third kappa shape index (κ3) is 4.04. The summed E-state index contributed by atoms with van der Waals surface area (Å²) in [7, 11) is 0. The Bertz CT molecular complexity index is 464. The van der Waals surface area contributed by atoms with Crippen LogP contribution in [-0.2, 0) is 0 Å². The van der Waals surface area contributed by atoms with Crippen LogP contribution in [0.25, 0.3) is 0 Å². The van der Waals surface area contributed by atoms with Crippen LogP contribution in [0.15, 0.2) is 22.7 Å². The highest BCUT2D eigenvalue weighted by Crippen LogP contribution is 2.35. The van der Waals surface area contributed by atoms with Gasteiger partial charge in [0, 0.05) is 11.7 Å². The third-order valence-corrected chi connectivity index (χ3v) is 4.31. The number of hydrogen-bond acceptors (Lipinski definition) is 2. The lowest BCUT2D eigenvalue weighted by atomic mass is 10.0. The molecule has 1 aromatic carbocycles. The van der Waals surface area contributed by atoms with Gasteiger partial charge < -0.3 is 10.1 Å². The minimum absolute atomic E-state index is 0.221. The minimum atomic E-state index is -4.67. The lowest BCUT2D eigenvalue weighted by Crippen LogP contribution is -2.23. The molecule has 0 spiro atoms. The summed E-state index contributed by atoms with van der Waals surface area (Å²) in [5, 5.41) is 3.41. The Morgan fingerprint density at radius 1 is 1.35 bits per heavy atom. The van der Waals surface area contributed by atoms with Crippen molar-refractivity contribution in [1.29, 1.82) is 0 Å². The molecule has 2 nitrogen and oxygen atoms in total. The van der Waals surface area contributed by atoms with Crippen LogP contribution in [0.4, 0.5) is 18.9 Å². The molecule has 0 heterocycles. The van der Waals surface area contributed by atoms with E-state index in [0.29, 0.717) is 16.4 Å². The van der Waals surface area contributed by atoms with Gasteiger partial charge in [0.1, 0.15) is 5.75 Å². The quantitative estimate of drug-likeness (QED) is 0.790. The Labute approximate surface area is 124 Å². The van der Waals surface area contributed by atoms with Gasteiger partial charge in [-0.15, -0.1) is 13.2 Å². The molecule has 2 rings (SSSR count). The van der Waals surface area contributed by atoms with E-state index >= 15 is 0 Å². The van der Waals surface area contributed by atoms with Crippen LogP contribution in [0.1, 0.15) is 32.6 Å². The number of hydrogen-bond donors (Lipinski definition) is 1. The molecule has 2 atom stereocenters. The molecule has 1 aromatic rings. The molecule has 112 valence electrons. The van der Waals surface area contributed by atoms with Crippen molar-refractivity contribution in [1.82, 2.24) is 0 Å². The lowest BCUT2D eigenvalue weighted by molar-refractivity contribution is -0.274. The van der Waals surface area contributed by atoms with E-state index in [9.17, 15) is 13.2 Å². The number of alkyl halides is 3. The number of halogens is 4. The summed E-state index contributed by atoms with van der Waals surface area (Å²) < 4.78 is 40.8. The van der Waals surface area contributed by atoms with Crippen LogP contribution in [0.5, 0.6) is 5.75 Å². The van der Waals surface area contributed by atoms with Gasteiger partial charge in [-0.1, -0.05) is 19.8 Å². The molecule has 20 heavy (non-hydrogen) atoms. The lowest BCUT2D eigenvalue weighted by Gasteiger charge is -2.21. The van der Waals surface area contributed by atoms with Crippen molar-refractivity contribution in [3.63, 3.8) is 0 Å². The van der Waals surface area contributed by atoms with E-state index < -0.39 is 6.36 Å². The maximum absolute atomic E-state index is 12.2. The van der Waals surface area contributed by atoms with Crippen LogP contribution in [0, 0.1) is 5.92 Å². The number of benzene rings is 1. The van der Waals surface area contributed by atoms with Gasteiger partial charge in [-0.2, -0.15) is 0 Å². The van der Waals surface area contributed by atoms with Crippen molar-refractivity contribution in [2.24, 2.45) is 5.92 Å². The zero-order valence-corrected chi connectivity index (χ0v) is 12.7. The van der Waals surface area contributed by atoms with E-state index in [-0.39, 0.29) is 5.75 Å². The van der Waals surface area contributed by atoms with Crippen molar-refractivity contribution in [3.8, 4) is 5.75 Å². The number of rotatable bonds is 4. The molecule has 0 bridgehead atoms. The molecule has 0 saturated heterocycles. The maximum Gasteiger partial charge on any atom is 0.573 e. The number of ether oxygens (including phenoxy) is 1. The van der Waals surface area contributed by atoms with Crippen LogP contribution in [0.2, 0.25) is 0 Å². The SMILES string of the molecule is CCC1CCCC1Nc1ccc(OC(F)(F)F)c(Br)c1. The summed E-state index contributed by atoms with van der Waals surface area (Å²) in [5.74, 6) is 0.418. The van der Waals surface area contributed by atoms with Crippen molar-refractivity contribution in [2.45, 2.75) is 45.0 Å². The summed E-state index contributed by atoms with van der Waals surface area (Å²) in [5.41, 5.74) is 0.816. The summed E-state index contributed by atoms with van der Waals surface area (Å²) in [6.07, 6.45) is -0.0293. The first kappa shape index (κ1) is 15.5. The van der Waals surface area contributed by atoms with Gasteiger partial charge >= 0.3 is 6.36 Å². The molecule has 1 fully saturated rings. The average molecular weight is 352 g/mol. The van der Waals surface area contributed by atoms with Gasteiger partial charge in [0.25, 0.3) is 0 Å². The summed E-state index contributed by atoms with van der Waals surface area (Å²) >= 11 is 3.12. The van der Waals surface area contributed by atoms with E-state index in [1.165, 1.54) is 18.9 Å². The minimum Gasteiger partial charge on any atom is -0.405 e. The molecule has 0 aliphatic heterocycles. The van der Waals surface area contributed by atoms with Crippen LogP contribution >= 0.6 is 15.9 Å². The molecule has 0 aromatic heterocycles. The molecule has 1 aliphatic rings. The Balaban J connectivity index is 2.05. The molecular formula is C14H17BrF3NO. The predicted molar refractivity (Wildman–Crippen MR) is 75.9 cm³/mol. The van der Waals surface area contributed by atoms with Crippen molar-refractivity contribution >= 4 is 21.6 Å². The molecule has 0 radical (unpaired) electrons. The van der Waals surface area contributed by atoms with Crippen LogP contribution in [0.3, 0.4) is 0 Å². The largest absolute Gasteiger partial charge is 0.573 e. The van der Waals surface area contributed by atoms with Crippen LogP contribution in [-0.4, -0.2) is 12.4 Å². The highest BCUT2D eigenvalue weighted by atomic mass is 79.9. The second-order valence-electron chi connectivity index (χ2n) is 5.04. The highest BCUT2D eigenvalue weighted by molar-refractivity contribution is 9.10. The molecule has 2 unspecified atom stereocenters. The van der Waals surface area contributed by atoms with Crippen molar-refractivity contribution in [3.05, 3.63) is 22.7 Å². The first-order valence-electron chi connectivity index (χ1n) is 6.71.